The summed E-state index contributed by atoms with van der Waals surface area (Å²) in [6.07, 6.45) is 0. The minimum atomic E-state index is -0.416. The molecule has 0 aliphatic carbocycles. The monoisotopic (exact) mass is 371 g/mol. The number of rotatable bonds is 2. The molecule has 0 unspecified atom stereocenters. The Labute approximate surface area is 153 Å². The topological polar surface area (TPSA) is 66.2 Å². The van der Waals surface area contributed by atoms with Crippen LogP contribution < -0.4 is 11.2 Å². The molecule has 0 spiro atoms. The molecule has 0 bridgehead atoms. The second-order valence-electron chi connectivity index (χ2n) is 6.47. The number of hydrogen-bond acceptors (Lipinski definition) is 3. The third-order valence-electron chi connectivity index (χ3n) is 5.07. The number of hydrogen-bond donors (Lipinski definition) is 0. The maximum Gasteiger partial charge on any atom is 0.332 e. The van der Waals surface area contributed by atoms with E-state index in [4.69, 9.17) is 11.6 Å². The number of halogens is 1. The van der Waals surface area contributed by atoms with Gasteiger partial charge in [-0.3, -0.25) is 18.3 Å². The van der Waals surface area contributed by atoms with Crippen molar-refractivity contribution in [2.75, 3.05) is 0 Å². The lowest BCUT2D eigenvalue weighted by Crippen LogP contribution is -2.39. The molecule has 3 heterocycles. The van der Waals surface area contributed by atoms with E-state index in [1.807, 2.05) is 48.1 Å². The van der Waals surface area contributed by atoms with Crippen molar-refractivity contribution in [1.29, 1.82) is 0 Å². The number of nitrogens with zero attached hydrogens (tertiary/aromatic N) is 5. The van der Waals surface area contributed by atoms with E-state index < -0.39 is 5.69 Å². The van der Waals surface area contributed by atoms with Gasteiger partial charge in [0.15, 0.2) is 11.2 Å². The van der Waals surface area contributed by atoms with E-state index in [1.54, 1.807) is 13.1 Å². The van der Waals surface area contributed by atoms with E-state index >= 15 is 0 Å². The van der Waals surface area contributed by atoms with Gasteiger partial charge in [-0.1, -0.05) is 29.8 Å². The first kappa shape index (κ1) is 16.7. The highest BCUT2D eigenvalue weighted by Crippen LogP contribution is 2.20. The maximum absolute atomic E-state index is 13.2. The second-order valence-corrected chi connectivity index (χ2v) is 6.88. The second kappa shape index (κ2) is 5.60. The summed E-state index contributed by atoms with van der Waals surface area (Å²) in [7, 11) is 3.52. The molecular weight excluding hydrogens is 354 g/mol. The quantitative estimate of drug-likeness (QED) is 0.541. The predicted octanol–water partition coefficient (Wildman–Crippen LogP) is 2.00. The maximum atomic E-state index is 13.2. The van der Waals surface area contributed by atoms with Crippen LogP contribution in [0.15, 0.2) is 33.9 Å². The Kier molecular flexibility index (Phi) is 3.59. The summed E-state index contributed by atoms with van der Waals surface area (Å²) < 4.78 is 6.35. The van der Waals surface area contributed by atoms with Crippen molar-refractivity contribution in [3.05, 3.63) is 67.1 Å². The molecule has 0 atom stereocenters. The minimum Gasteiger partial charge on any atom is -0.317 e. The molecule has 4 rings (SSSR count). The van der Waals surface area contributed by atoms with E-state index in [2.05, 4.69) is 4.98 Å². The Morgan fingerprint density at radius 3 is 2.42 bits per heavy atom. The highest BCUT2D eigenvalue weighted by atomic mass is 35.5. The molecule has 0 aliphatic rings. The molecule has 26 heavy (non-hydrogen) atoms. The zero-order chi connectivity index (χ0) is 18.7. The van der Waals surface area contributed by atoms with E-state index in [9.17, 15) is 9.59 Å². The van der Waals surface area contributed by atoms with Crippen LogP contribution in [0.3, 0.4) is 0 Å². The van der Waals surface area contributed by atoms with Crippen LogP contribution in [0.4, 0.5) is 0 Å². The number of fused-ring (bicyclic) bond motifs is 3. The van der Waals surface area contributed by atoms with Crippen LogP contribution in [0.2, 0.25) is 5.02 Å². The van der Waals surface area contributed by atoms with Crippen molar-refractivity contribution in [1.82, 2.24) is 23.1 Å². The summed E-state index contributed by atoms with van der Waals surface area (Å²) in [5.74, 6) is 0.637. The molecule has 7 nitrogen and oxygen atoms in total. The molecule has 0 radical (unpaired) electrons. The molecule has 3 aromatic heterocycles. The molecule has 0 saturated carbocycles. The Morgan fingerprint density at radius 2 is 1.73 bits per heavy atom. The molecule has 0 fully saturated rings. The van der Waals surface area contributed by atoms with E-state index in [1.165, 1.54) is 9.13 Å². The van der Waals surface area contributed by atoms with Gasteiger partial charge in [-0.05, 0) is 25.5 Å². The van der Waals surface area contributed by atoms with Crippen LogP contribution in [0.5, 0.6) is 0 Å². The lowest BCUT2D eigenvalue weighted by atomic mass is 10.2. The fourth-order valence-electron chi connectivity index (χ4n) is 3.34. The van der Waals surface area contributed by atoms with E-state index in [0.717, 1.165) is 17.0 Å². The van der Waals surface area contributed by atoms with Gasteiger partial charge in [-0.25, -0.2) is 4.79 Å². The highest BCUT2D eigenvalue weighted by Gasteiger charge is 2.21. The highest BCUT2D eigenvalue weighted by molar-refractivity contribution is 6.31. The molecule has 0 aliphatic heterocycles. The van der Waals surface area contributed by atoms with Crippen LogP contribution in [0, 0.1) is 13.8 Å². The number of aromatic nitrogens is 5. The van der Waals surface area contributed by atoms with Crippen LogP contribution in [0.25, 0.3) is 16.9 Å². The first-order valence-electron chi connectivity index (χ1n) is 8.20. The van der Waals surface area contributed by atoms with Gasteiger partial charge in [0, 0.05) is 30.5 Å². The minimum absolute atomic E-state index is 0.110. The zero-order valence-electron chi connectivity index (χ0n) is 14.9. The lowest BCUT2D eigenvalue weighted by Gasteiger charge is -2.09. The summed E-state index contributed by atoms with van der Waals surface area (Å²) in [4.78, 5) is 30.5. The first-order valence-corrected chi connectivity index (χ1v) is 8.58. The van der Waals surface area contributed by atoms with Crippen molar-refractivity contribution >= 4 is 28.5 Å². The summed E-state index contributed by atoms with van der Waals surface area (Å²) in [5.41, 5.74) is 2.64. The molecule has 0 amide bonds. The summed E-state index contributed by atoms with van der Waals surface area (Å²) in [6.45, 7) is 4.02. The first-order chi connectivity index (χ1) is 12.3. The molecule has 4 aromatic rings. The fraction of sp³-hybridized carbons (Fsp3) is 0.278. The largest absolute Gasteiger partial charge is 0.332 e. The average molecular weight is 372 g/mol. The summed E-state index contributed by atoms with van der Waals surface area (Å²) in [5, 5.41) is 0.520. The van der Waals surface area contributed by atoms with Crippen molar-refractivity contribution in [3.8, 4) is 0 Å². The molecule has 8 heteroatoms. The molecule has 0 saturated heterocycles. The number of aryl methyl sites for hydroxylation is 3. The SMILES string of the molecule is Cc1c(C)n2c3c(=O)n(Cc4ccccc4Cl)c(=O)n(C)c3nc2n1C. The van der Waals surface area contributed by atoms with Gasteiger partial charge in [-0.2, -0.15) is 4.98 Å². The van der Waals surface area contributed by atoms with Gasteiger partial charge in [-0.15, -0.1) is 0 Å². The third kappa shape index (κ3) is 2.10. The summed E-state index contributed by atoms with van der Waals surface area (Å²) in [6, 6.07) is 7.19. The Morgan fingerprint density at radius 1 is 1.04 bits per heavy atom. The van der Waals surface area contributed by atoms with Crippen molar-refractivity contribution in [2.45, 2.75) is 20.4 Å². The van der Waals surface area contributed by atoms with Crippen LogP contribution in [-0.4, -0.2) is 23.1 Å². The zero-order valence-corrected chi connectivity index (χ0v) is 15.7. The standard InChI is InChI=1S/C18H18ClN5O2/c1-10-11(2)24-14-15(20-17(24)21(10)3)22(4)18(26)23(16(14)25)9-12-7-5-6-8-13(12)19/h5-8H,9H2,1-4H3. The van der Waals surface area contributed by atoms with Crippen LogP contribution in [-0.2, 0) is 20.6 Å². The summed E-state index contributed by atoms with van der Waals surface area (Å²) >= 11 is 6.22. The fourth-order valence-corrected chi connectivity index (χ4v) is 3.54. The van der Waals surface area contributed by atoms with Gasteiger partial charge in [0.05, 0.1) is 6.54 Å². The van der Waals surface area contributed by atoms with Gasteiger partial charge >= 0.3 is 5.69 Å². The predicted molar refractivity (Wildman–Crippen MR) is 101 cm³/mol. The van der Waals surface area contributed by atoms with Crippen LogP contribution >= 0.6 is 11.6 Å². The molecule has 0 N–H and O–H groups in total. The smallest absolute Gasteiger partial charge is 0.317 e. The van der Waals surface area contributed by atoms with E-state index in [-0.39, 0.29) is 12.1 Å². The van der Waals surface area contributed by atoms with E-state index in [0.29, 0.717) is 22.0 Å². The molecule has 134 valence electrons. The lowest BCUT2D eigenvalue weighted by molar-refractivity contribution is 0.656. The molecular formula is C18H18ClN5O2. The number of imidazole rings is 2. The Balaban J connectivity index is 2.11. The van der Waals surface area contributed by atoms with Gasteiger partial charge in [0.1, 0.15) is 0 Å². The Hall–Kier alpha value is -2.80. The van der Waals surface area contributed by atoms with Crippen LogP contribution in [0.1, 0.15) is 17.0 Å². The van der Waals surface area contributed by atoms with Gasteiger partial charge < -0.3 is 4.57 Å². The van der Waals surface area contributed by atoms with Crippen molar-refractivity contribution in [2.24, 2.45) is 14.1 Å². The molecule has 1 aromatic carbocycles. The van der Waals surface area contributed by atoms with Gasteiger partial charge in [0.2, 0.25) is 5.78 Å². The third-order valence-corrected chi connectivity index (χ3v) is 5.44. The Bertz CT molecular complexity index is 1310. The van der Waals surface area contributed by atoms with Gasteiger partial charge in [0.25, 0.3) is 5.56 Å². The number of benzene rings is 1. The van der Waals surface area contributed by atoms with Crippen molar-refractivity contribution < 1.29 is 0 Å². The average Bonchev–Trinajstić information content (AvgIpc) is 3.11. The van der Waals surface area contributed by atoms with Crippen molar-refractivity contribution in [3.63, 3.8) is 0 Å². The normalized spacial score (nSPS) is 11.7.